The van der Waals surface area contributed by atoms with E-state index >= 15 is 0 Å². The molecule has 2 unspecified atom stereocenters. The molecule has 0 amide bonds. The molecule has 0 saturated carbocycles. The maximum atomic E-state index is 4.94. The first-order valence-electron chi connectivity index (χ1n) is 9.10. The van der Waals surface area contributed by atoms with Crippen LogP contribution in [0.1, 0.15) is 40.0 Å². The van der Waals surface area contributed by atoms with Crippen molar-refractivity contribution in [3.63, 3.8) is 0 Å². The summed E-state index contributed by atoms with van der Waals surface area (Å²) in [4.78, 5) is 10.0. The van der Waals surface area contributed by atoms with Gasteiger partial charge in [-0.05, 0) is 45.2 Å². The van der Waals surface area contributed by atoms with Gasteiger partial charge < -0.3 is 15.1 Å². The molecule has 0 radical (unpaired) electrons. The molecule has 2 saturated heterocycles. The summed E-state index contributed by atoms with van der Waals surface area (Å²) in [7, 11) is 0. The zero-order valence-corrected chi connectivity index (χ0v) is 18.2. The number of hydrogen-bond donors (Lipinski definition) is 1. The van der Waals surface area contributed by atoms with Crippen molar-refractivity contribution in [2.24, 2.45) is 10.9 Å². The van der Waals surface area contributed by atoms with E-state index in [4.69, 9.17) is 4.99 Å². The van der Waals surface area contributed by atoms with Crippen molar-refractivity contribution in [3.8, 4) is 0 Å². The molecule has 0 aromatic carbocycles. The Hall–Kier alpha value is 0.310. The summed E-state index contributed by atoms with van der Waals surface area (Å²) < 4.78 is 0. The van der Waals surface area contributed by atoms with Crippen molar-refractivity contribution < 1.29 is 0 Å². The topological polar surface area (TPSA) is 30.9 Å². The van der Waals surface area contributed by atoms with E-state index in [2.05, 4.69) is 47.6 Å². The lowest BCUT2D eigenvalue weighted by Crippen LogP contribution is -2.48. The molecular weight excluding hydrogens is 419 g/mol. The van der Waals surface area contributed by atoms with Gasteiger partial charge in [0.15, 0.2) is 5.96 Å². The van der Waals surface area contributed by atoms with E-state index in [1.807, 2.05) is 0 Å². The molecule has 1 N–H and O–H groups in total. The van der Waals surface area contributed by atoms with Gasteiger partial charge >= 0.3 is 0 Å². The second kappa shape index (κ2) is 11.8. The smallest absolute Gasteiger partial charge is 0.193 e. The summed E-state index contributed by atoms with van der Waals surface area (Å²) in [5.41, 5.74) is 0. The summed E-state index contributed by atoms with van der Waals surface area (Å²) in [5.74, 6) is 3.01. The van der Waals surface area contributed by atoms with Crippen molar-refractivity contribution in [1.29, 1.82) is 0 Å². The Kier molecular flexibility index (Phi) is 10.9. The second-order valence-corrected chi connectivity index (χ2v) is 8.06. The number of guanidine groups is 1. The van der Waals surface area contributed by atoms with Gasteiger partial charge in [0.05, 0.1) is 0 Å². The van der Waals surface area contributed by atoms with Crippen LogP contribution in [-0.4, -0.2) is 72.6 Å². The van der Waals surface area contributed by atoms with E-state index in [1.54, 1.807) is 0 Å². The van der Waals surface area contributed by atoms with E-state index < -0.39 is 0 Å². The van der Waals surface area contributed by atoms with Crippen LogP contribution < -0.4 is 5.32 Å². The maximum absolute atomic E-state index is 4.94. The third kappa shape index (κ3) is 7.38. The monoisotopic (exact) mass is 454 g/mol. The van der Waals surface area contributed by atoms with Crippen LogP contribution in [0.4, 0.5) is 0 Å². The SMILES string of the molecule is CCNC(=NCC(C)CN1CCCC1)N1CCSC(CC)C1.I. The van der Waals surface area contributed by atoms with Crippen molar-refractivity contribution >= 4 is 41.7 Å². The van der Waals surface area contributed by atoms with Crippen LogP contribution in [-0.2, 0) is 0 Å². The molecule has 2 heterocycles. The number of aliphatic imine (C=N–C) groups is 1. The van der Waals surface area contributed by atoms with Crippen LogP contribution in [0.15, 0.2) is 4.99 Å². The van der Waals surface area contributed by atoms with Gasteiger partial charge in [-0.25, -0.2) is 0 Å². The normalized spacial score (nSPS) is 24.4. The highest BCUT2D eigenvalue weighted by molar-refractivity contribution is 14.0. The first-order chi connectivity index (χ1) is 10.7. The summed E-state index contributed by atoms with van der Waals surface area (Å²) in [6, 6.07) is 0. The molecule has 2 fully saturated rings. The number of rotatable bonds is 6. The van der Waals surface area contributed by atoms with E-state index in [-0.39, 0.29) is 24.0 Å². The molecule has 0 aromatic rings. The Morgan fingerprint density at radius 1 is 1.26 bits per heavy atom. The molecule has 0 spiro atoms. The first kappa shape index (κ1) is 21.4. The number of likely N-dealkylation sites (tertiary alicyclic amines) is 1. The van der Waals surface area contributed by atoms with Crippen LogP contribution in [0.5, 0.6) is 0 Å². The van der Waals surface area contributed by atoms with Gasteiger partial charge in [0, 0.05) is 43.7 Å². The Morgan fingerprint density at radius 2 is 2.00 bits per heavy atom. The van der Waals surface area contributed by atoms with Gasteiger partial charge in [0.25, 0.3) is 0 Å². The third-order valence-electron chi connectivity index (χ3n) is 4.55. The minimum Gasteiger partial charge on any atom is -0.357 e. The Morgan fingerprint density at radius 3 is 2.65 bits per heavy atom. The van der Waals surface area contributed by atoms with Gasteiger partial charge in [0.1, 0.15) is 0 Å². The highest BCUT2D eigenvalue weighted by Gasteiger charge is 2.21. The molecule has 4 nitrogen and oxygen atoms in total. The number of hydrogen-bond acceptors (Lipinski definition) is 3. The lowest BCUT2D eigenvalue weighted by Gasteiger charge is -2.34. The fraction of sp³-hybridized carbons (Fsp3) is 0.941. The maximum Gasteiger partial charge on any atom is 0.193 e. The third-order valence-corrected chi connectivity index (χ3v) is 5.92. The van der Waals surface area contributed by atoms with Crippen LogP contribution >= 0.6 is 35.7 Å². The van der Waals surface area contributed by atoms with E-state index in [1.165, 1.54) is 44.6 Å². The fourth-order valence-corrected chi connectivity index (χ4v) is 4.47. The van der Waals surface area contributed by atoms with Crippen LogP contribution in [0.2, 0.25) is 0 Å². The second-order valence-electron chi connectivity index (χ2n) is 6.65. The van der Waals surface area contributed by atoms with Crippen molar-refractivity contribution in [2.45, 2.75) is 45.3 Å². The zero-order valence-electron chi connectivity index (χ0n) is 15.1. The standard InChI is InChI=1S/C17H34N4S.HI/c1-4-16-14-21(10-11-22-16)17(18-5-2)19-12-15(3)13-20-8-6-7-9-20;/h15-16H,4-14H2,1-3H3,(H,18,19);1H. The lowest BCUT2D eigenvalue weighted by atomic mass is 10.2. The number of nitrogens with zero attached hydrogens (tertiary/aromatic N) is 3. The van der Waals surface area contributed by atoms with Crippen LogP contribution in [0, 0.1) is 5.92 Å². The molecular formula is C17H35IN4S. The highest BCUT2D eigenvalue weighted by atomic mass is 127. The summed E-state index contributed by atoms with van der Waals surface area (Å²) >= 11 is 2.12. The van der Waals surface area contributed by atoms with Gasteiger partial charge in [-0.2, -0.15) is 11.8 Å². The van der Waals surface area contributed by atoms with Crippen LogP contribution in [0.3, 0.4) is 0 Å². The fourth-order valence-electron chi connectivity index (χ4n) is 3.29. The van der Waals surface area contributed by atoms with Crippen LogP contribution in [0.25, 0.3) is 0 Å². The highest BCUT2D eigenvalue weighted by Crippen LogP contribution is 2.21. The zero-order chi connectivity index (χ0) is 15.8. The largest absolute Gasteiger partial charge is 0.357 e. The summed E-state index contributed by atoms with van der Waals surface area (Å²) in [5, 5.41) is 4.26. The van der Waals surface area contributed by atoms with Gasteiger partial charge in [-0.15, -0.1) is 24.0 Å². The van der Waals surface area contributed by atoms with E-state index in [0.29, 0.717) is 5.92 Å². The van der Waals surface area contributed by atoms with Crippen molar-refractivity contribution in [2.75, 3.05) is 51.6 Å². The Labute approximate surface area is 164 Å². The molecule has 23 heavy (non-hydrogen) atoms. The molecule has 2 rings (SSSR count). The predicted molar refractivity (Wildman–Crippen MR) is 114 cm³/mol. The van der Waals surface area contributed by atoms with Gasteiger partial charge in [-0.3, -0.25) is 4.99 Å². The Bertz CT molecular complexity index is 347. The van der Waals surface area contributed by atoms with Crippen molar-refractivity contribution in [3.05, 3.63) is 0 Å². The molecule has 0 aromatic heterocycles. The molecule has 2 aliphatic rings. The first-order valence-corrected chi connectivity index (χ1v) is 10.1. The number of nitrogens with one attached hydrogen (secondary N) is 1. The minimum atomic E-state index is 0. The molecule has 0 aliphatic carbocycles. The molecule has 2 atom stereocenters. The van der Waals surface area contributed by atoms with Gasteiger partial charge in [0.2, 0.25) is 0 Å². The molecule has 6 heteroatoms. The number of thioether (sulfide) groups is 1. The Balaban J connectivity index is 0.00000264. The van der Waals surface area contributed by atoms with Gasteiger partial charge in [-0.1, -0.05) is 13.8 Å². The predicted octanol–water partition coefficient (Wildman–Crippen LogP) is 3.13. The molecule has 2 aliphatic heterocycles. The minimum absolute atomic E-state index is 0. The van der Waals surface area contributed by atoms with E-state index in [9.17, 15) is 0 Å². The van der Waals surface area contributed by atoms with Crippen molar-refractivity contribution in [1.82, 2.24) is 15.1 Å². The summed E-state index contributed by atoms with van der Waals surface area (Å²) in [6.45, 7) is 14.8. The number of halogens is 1. The molecule has 136 valence electrons. The molecule has 0 bridgehead atoms. The summed E-state index contributed by atoms with van der Waals surface area (Å²) in [6.07, 6.45) is 4.01. The average molecular weight is 454 g/mol. The van der Waals surface area contributed by atoms with E-state index in [0.717, 1.165) is 37.4 Å². The average Bonchev–Trinajstić information content (AvgIpc) is 3.04. The lowest BCUT2D eigenvalue weighted by molar-refractivity contribution is 0.291. The quantitative estimate of drug-likeness (QED) is 0.380.